The van der Waals surface area contributed by atoms with Crippen molar-refractivity contribution >= 4 is 15.7 Å². The molecule has 0 amide bonds. The molecule has 96 valence electrons. The molecular formula is C11H19N3O2S. The van der Waals surface area contributed by atoms with Crippen molar-refractivity contribution in [3.05, 3.63) is 24.3 Å². The van der Waals surface area contributed by atoms with Crippen molar-refractivity contribution in [2.24, 2.45) is 5.73 Å². The molecule has 5 nitrogen and oxygen atoms in total. The minimum atomic E-state index is -3.43. The maximum absolute atomic E-state index is 12.1. The Kier molecular flexibility index (Phi) is 4.50. The number of nitrogens with one attached hydrogen (secondary N) is 1. The fourth-order valence-electron chi connectivity index (χ4n) is 1.33. The molecule has 1 unspecified atom stereocenters. The Labute approximate surface area is 103 Å². The number of nitrogens with zero attached hydrogens (tertiary/aromatic N) is 1. The third-order valence-electron chi connectivity index (χ3n) is 2.40. The highest BCUT2D eigenvalue weighted by Gasteiger charge is 2.21. The van der Waals surface area contributed by atoms with Gasteiger partial charge in [-0.15, -0.1) is 0 Å². The molecule has 0 saturated heterocycles. The maximum Gasteiger partial charge on any atom is 0.244 e. The number of sulfonamides is 1. The average molecular weight is 257 g/mol. The molecular weight excluding hydrogens is 238 g/mol. The van der Waals surface area contributed by atoms with E-state index in [4.69, 9.17) is 5.73 Å². The third kappa shape index (κ3) is 3.18. The number of hydrogen-bond donors (Lipinski definition) is 2. The van der Waals surface area contributed by atoms with Gasteiger partial charge in [0, 0.05) is 26.7 Å². The van der Waals surface area contributed by atoms with Crippen LogP contribution in [-0.4, -0.2) is 39.4 Å². The molecule has 0 radical (unpaired) electrons. The van der Waals surface area contributed by atoms with Crippen LogP contribution in [0.4, 0.5) is 5.69 Å². The van der Waals surface area contributed by atoms with Crippen molar-refractivity contribution in [1.29, 1.82) is 0 Å². The first-order valence-electron chi connectivity index (χ1n) is 5.37. The van der Waals surface area contributed by atoms with Crippen molar-refractivity contribution in [1.82, 2.24) is 4.31 Å². The highest BCUT2D eigenvalue weighted by atomic mass is 32.2. The molecule has 0 aromatic heterocycles. The molecule has 0 fully saturated rings. The molecule has 0 bridgehead atoms. The van der Waals surface area contributed by atoms with Gasteiger partial charge < -0.3 is 11.1 Å². The van der Waals surface area contributed by atoms with E-state index in [1.54, 1.807) is 24.3 Å². The van der Waals surface area contributed by atoms with Crippen LogP contribution in [0.1, 0.15) is 6.92 Å². The van der Waals surface area contributed by atoms with Gasteiger partial charge in [-0.2, -0.15) is 0 Å². The smallest absolute Gasteiger partial charge is 0.244 e. The zero-order valence-electron chi connectivity index (χ0n) is 10.3. The summed E-state index contributed by atoms with van der Waals surface area (Å²) in [6.07, 6.45) is 0. The zero-order valence-corrected chi connectivity index (χ0v) is 11.2. The highest BCUT2D eigenvalue weighted by Crippen LogP contribution is 2.23. The number of nitrogens with two attached hydrogens (primary N) is 1. The summed E-state index contributed by atoms with van der Waals surface area (Å²) in [4.78, 5) is 0.269. The van der Waals surface area contributed by atoms with Crippen LogP contribution in [-0.2, 0) is 10.0 Å². The standard InChI is InChI=1S/C11H19N3O2S/c1-9(8-12)13-10-6-4-5-7-11(10)17(15,16)14(2)3/h4-7,9,13H,8,12H2,1-3H3. The quantitative estimate of drug-likeness (QED) is 0.814. The monoisotopic (exact) mass is 257 g/mol. The lowest BCUT2D eigenvalue weighted by atomic mass is 10.2. The summed E-state index contributed by atoms with van der Waals surface area (Å²) < 4.78 is 25.3. The summed E-state index contributed by atoms with van der Waals surface area (Å²) >= 11 is 0. The zero-order chi connectivity index (χ0) is 13.1. The second-order valence-corrected chi connectivity index (χ2v) is 6.18. The van der Waals surface area contributed by atoms with E-state index in [9.17, 15) is 8.42 Å². The van der Waals surface area contributed by atoms with Crippen LogP contribution in [0.2, 0.25) is 0 Å². The van der Waals surface area contributed by atoms with Crippen LogP contribution in [0.15, 0.2) is 29.2 Å². The number of para-hydroxylation sites is 1. The van der Waals surface area contributed by atoms with Crippen LogP contribution in [0.5, 0.6) is 0 Å². The van der Waals surface area contributed by atoms with Gasteiger partial charge in [0.1, 0.15) is 4.90 Å². The van der Waals surface area contributed by atoms with Crippen LogP contribution < -0.4 is 11.1 Å². The lowest BCUT2D eigenvalue weighted by molar-refractivity contribution is 0.521. The molecule has 17 heavy (non-hydrogen) atoms. The van der Waals surface area contributed by atoms with E-state index in [1.165, 1.54) is 18.4 Å². The summed E-state index contributed by atoms with van der Waals surface area (Å²) in [5.74, 6) is 0. The molecule has 0 aliphatic carbocycles. The molecule has 0 heterocycles. The Morgan fingerprint density at radius 1 is 1.35 bits per heavy atom. The lowest BCUT2D eigenvalue weighted by Gasteiger charge is -2.18. The van der Waals surface area contributed by atoms with Gasteiger partial charge >= 0.3 is 0 Å². The molecule has 1 aromatic carbocycles. The first-order chi connectivity index (χ1) is 7.89. The van der Waals surface area contributed by atoms with Gasteiger partial charge in [0.25, 0.3) is 0 Å². The van der Waals surface area contributed by atoms with E-state index in [1.807, 2.05) is 6.92 Å². The van der Waals surface area contributed by atoms with Gasteiger partial charge in [-0.3, -0.25) is 0 Å². The number of anilines is 1. The van der Waals surface area contributed by atoms with Gasteiger partial charge in [0.15, 0.2) is 0 Å². The predicted molar refractivity (Wildman–Crippen MR) is 69.5 cm³/mol. The molecule has 0 saturated carbocycles. The maximum atomic E-state index is 12.1. The molecule has 0 spiro atoms. The summed E-state index contributed by atoms with van der Waals surface area (Å²) in [6.45, 7) is 2.34. The fraction of sp³-hybridized carbons (Fsp3) is 0.455. The molecule has 1 rings (SSSR count). The van der Waals surface area contributed by atoms with E-state index in [-0.39, 0.29) is 10.9 Å². The number of hydrogen-bond acceptors (Lipinski definition) is 4. The molecule has 6 heteroatoms. The normalized spacial score (nSPS) is 13.7. The van der Waals surface area contributed by atoms with Gasteiger partial charge in [-0.05, 0) is 19.1 Å². The van der Waals surface area contributed by atoms with E-state index in [0.717, 1.165) is 0 Å². The van der Waals surface area contributed by atoms with Crippen LogP contribution >= 0.6 is 0 Å². The second-order valence-electron chi connectivity index (χ2n) is 4.06. The Morgan fingerprint density at radius 3 is 2.47 bits per heavy atom. The Hall–Kier alpha value is -1.11. The molecule has 1 atom stereocenters. The van der Waals surface area contributed by atoms with Gasteiger partial charge in [0.2, 0.25) is 10.0 Å². The van der Waals surface area contributed by atoms with Crippen molar-refractivity contribution in [3.8, 4) is 0 Å². The van der Waals surface area contributed by atoms with Gasteiger partial charge in [0.05, 0.1) is 5.69 Å². The van der Waals surface area contributed by atoms with Crippen LogP contribution in [0.3, 0.4) is 0 Å². The fourth-order valence-corrected chi connectivity index (χ4v) is 2.38. The van der Waals surface area contributed by atoms with Crippen molar-refractivity contribution in [2.75, 3.05) is 26.0 Å². The van der Waals surface area contributed by atoms with Gasteiger partial charge in [-0.1, -0.05) is 12.1 Å². The van der Waals surface area contributed by atoms with Crippen molar-refractivity contribution in [3.63, 3.8) is 0 Å². The molecule has 0 aliphatic heterocycles. The summed E-state index contributed by atoms with van der Waals surface area (Å²) in [5, 5.41) is 3.09. The van der Waals surface area contributed by atoms with E-state index < -0.39 is 10.0 Å². The highest BCUT2D eigenvalue weighted by molar-refractivity contribution is 7.89. The minimum absolute atomic E-state index is 0.0218. The molecule has 0 aliphatic rings. The Morgan fingerprint density at radius 2 is 1.94 bits per heavy atom. The minimum Gasteiger partial charge on any atom is -0.380 e. The summed E-state index contributed by atoms with van der Waals surface area (Å²) in [6, 6.07) is 6.84. The SMILES string of the molecule is CC(CN)Nc1ccccc1S(=O)(=O)N(C)C. The van der Waals surface area contributed by atoms with Crippen LogP contribution in [0.25, 0.3) is 0 Å². The predicted octanol–water partition coefficient (Wildman–Crippen LogP) is 0.696. The average Bonchev–Trinajstić information content (AvgIpc) is 2.29. The van der Waals surface area contributed by atoms with Crippen LogP contribution in [0, 0.1) is 0 Å². The van der Waals surface area contributed by atoms with E-state index >= 15 is 0 Å². The number of benzene rings is 1. The third-order valence-corrected chi connectivity index (χ3v) is 4.27. The molecule has 1 aromatic rings. The summed E-state index contributed by atoms with van der Waals surface area (Å²) in [7, 11) is -0.407. The molecule has 3 N–H and O–H groups in total. The van der Waals surface area contributed by atoms with E-state index in [0.29, 0.717) is 12.2 Å². The van der Waals surface area contributed by atoms with E-state index in [2.05, 4.69) is 5.32 Å². The van der Waals surface area contributed by atoms with Crippen molar-refractivity contribution in [2.45, 2.75) is 17.9 Å². The number of rotatable bonds is 5. The van der Waals surface area contributed by atoms with Crippen molar-refractivity contribution < 1.29 is 8.42 Å². The topological polar surface area (TPSA) is 75.4 Å². The second kappa shape index (κ2) is 5.48. The summed E-state index contributed by atoms with van der Waals surface area (Å²) in [5.41, 5.74) is 6.10. The largest absolute Gasteiger partial charge is 0.380 e. The first-order valence-corrected chi connectivity index (χ1v) is 6.81. The first kappa shape index (κ1) is 14.0. The lowest BCUT2D eigenvalue weighted by Crippen LogP contribution is -2.28. The Balaban J connectivity index is 3.17. The Bertz CT molecular complexity index is 471. The van der Waals surface area contributed by atoms with Gasteiger partial charge in [-0.25, -0.2) is 12.7 Å².